The molecule has 1 aliphatic carbocycles. The predicted molar refractivity (Wildman–Crippen MR) is 60.8 cm³/mol. The molecule has 2 unspecified atom stereocenters. The Morgan fingerprint density at radius 1 is 1.47 bits per heavy atom. The van der Waals surface area contributed by atoms with Gasteiger partial charge >= 0.3 is 5.97 Å². The van der Waals surface area contributed by atoms with Crippen LogP contribution >= 0.6 is 0 Å². The van der Waals surface area contributed by atoms with E-state index in [0.29, 0.717) is 12.6 Å². The van der Waals surface area contributed by atoms with Crippen LogP contribution in [0.5, 0.6) is 0 Å². The van der Waals surface area contributed by atoms with Gasteiger partial charge in [0.15, 0.2) is 0 Å². The number of carbonyl (C=O) groups is 1. The molecule has 0 aromatic rings. The highest BCUT2D eigenvalue weighted by Crippen LogP contribution is 2.29. The summed E-state index contributed by atoms with van der Waals surface area (Å²) in [5.74, 6) is 0.869. The molecule has 1 fully saturated rings. The minimum Gasteiger partial charge on any atom is -0.481 e. The average molecular weight is 213 g/mol. The number of rotatable bonds is 5. The molecule has 0 bridgehead atoms. The molecule has 0 aromatic carbocycles. The van der Waals surface area contributed by atoms with Crippen LogP contribution < -0.4 is 5.32 Å². The summed E-state index contributed by atoms with van der Waals surface area (Å²) in [7, 11) is 0. The van der Waals surface area contributed by atoms with Crippen LogP contribution in [0.15, 0.2) is 0 Å². The summed E-state index contributed by atoms with van der Waals surface area (Å²) < 4.78 is 0. The molecule has 15 heavy (non-hydrogen) atoms. The van der Waals surface area contributed by atoms with E-state index < -0.39 is 5.97 Å². The van der Waals surface area contributed by atoms with E-state index >= 15 is 0 Å². The summed E-state index contributed by atoms with van der Waals surface area (Å²) >= 11 is 0. The molecular weight excluding hydrogens is 190 g/mol. The van der Waals surface area contributed by atoms with Gasteiger partial charge in [0.1, 0.15) is 0 Å². The molecule has 0 radical (unpaired) electrons. The van der Waals surface area contributed by atoms with E-state index in [4.69, 9.17) is 5.11 Å². The van der Waals surface area contributed by atoms with Crippen molar-refractivity contribution in [3.8, 4) is 0 Å². The van der Waals surface area contributed by atoms with Gasteiger partial charge in [0.25, 0.3) is 0 Å². The maximum atomic E-state index is 10.4. The fourth-order valence-electron chi connectivity index (χ4n) is 2.40. The highest BCUT2D eigenvalue weighted by atomic mass is 16.4. The maximum Gasteiger partial charge on any atom is 0.304 e. The number of nitrogens with one attached hydrogen (secondary N) is 1. The molecule has 1 rings (SSSR count). The lowest BCUT2D eigenvalue weighted by Crippen LogP contribution is -2.36. The molecule has 0 amide bonds. The van der Waals surface area contributed by atoms with Crippen LogP contribution in [0.4, 0.5) is 0 Å². The van der Waals surface area contributed by atoms with Crippen molar-refractivity contribution in [3.05, 3.63) is 0 Å². The van der Waals surface area contributed by atoms with Crippen molar-refractivity contribution in [2.75, 3.05) is 6.54 Å². The number of hydrogen-bond acceptors (Lipinski definition) is 2. The lowest BCUT2D eigenvalue weighted by molar-refractivity contribution is -0.136. The molecule has 2 atom stereocenters. The first kappa shape index (κ1) is 12.5. The Balaban J connectivity index is 2.21. The molecule has 3 heteroatoms. The minimum absolute atomic E-state index is 0.239. The summed E-state index contributed by atoms with van der Waals surface area (Å²) in [5.41, 5.74) is 0. The maximum absolute atomic E-state index is 10.4. The molecule has 1 aliphatic rings. The largest absolute Gasteiger partial charge is 0.481 e. The third-order valence-electron chi connectivity index (χ3n) is 3.43. The van der Waals surface area contributed by atoms with Gasteiger partial charge in [-0.3, -0.25) is 4.79 Å². The SMILES string of the molecule is CC(C)C1CCCC(NCCC(=O)O)C1. The van der Waals surface area contributed by atoms with Gasteiger partial charge in [-0.25, -0.2) is 0 Å². The van der Waals surface area contributed by atoms with Crippen LogP contribution in [0.1, 0.15) is 46.0 Å². The van der Waals surface area contributed by atoms with Crippen LogP contribution in [0, 0.1) is 11.8 Å². The number of hydrogen-bond donors (Lipinski definition) is 2. The molecule has 0 aromatic heterocycles. The quantitative estimate of drug-likeness (QED) is 0.736. The number of carboxylic acid groups (broad SMARTS) is 1. The smallest absolute Gasteiger partial charge is 0.304 e. The lowest BCUT2D eigenvalue weighted by Gasteiger charge is -2.32. The van der Waals surface area contributed by atoms with Gasteiger partial charge in [-0.2, -0.15) is 0 Å². The first-order chi connectivity index (χ1) is 7.09. The monoisotopic (exact) mass is 213 g/mol. The average Bonchev–Trinajstić information content (AvgIpc) is 2.17. The highest BCUT2D eigenvalue weighted by molar-refractivity contribution is 5.66. The fourth-order valence-corrected chi connectivity index (χ4v) is 2.40. The summed E-state index contributed by atoms with van der Waals surface area (Å²) in [5, 5.41) is 11.9. The van der Waals surface area contributed by atoms with Crippen LogP contribution in [0.3, 0.4) is 0 Å². The summed E-state index contributed by atoms with van der Waals surface area (Å²) in [4.78, 5) is 10.4. The third-order valence-corrected chi connectivity index (χ3v) is 3.43. The predicted octanol–water partition coefficient (Wildman–Crippen LogP) is 2.27. The van der Waals surface area contributed by atoms with Gasteiger partial charge < -0.3 is 10.4 Å². The standard InChI is InChI=1S/C12H23NO2/c1-9(2)10-4-3-5-11(8-10)13-7-6-12(14)15/h9-11,13H,3-8H2,1-2H3,(H,14,15). The first-order valence-corrected chi connectivity index (χ1v) is 6.04. The van der Waals surface area contributed by atoms with E-state index in [-0.39, 0.29) is 6.42 Å². The molecule has 3 nitrogen and oxygen atoms in total. The Morgan fingerprint density at radius 2 is 2.20 bits per heavy atom. The number of aliphatic carboxylic acids is 1. The number of carboxylic acids is 1. The van der Waals surface area contributed by atoms with Crippen molar-refractivity contribution in [1.29, 1.82) is 0 Å². The molecule has 0 aliphatic heterocycles. The Hall–Kier alpha value is -0.570. The second-order valence-corrected chi connectivity index (χ2v) is 4.97. The van der Waals surface area contributed by atoms with Crippen molar-refractivity contribution >= 4 is 5.97 Å². The first-order valence-electron chi connectivity index (χ1n) is 6.04. The zero-order valence-electron chi connectivity index (χ0n) is 9.83. The highest BCUT2D eigenvalue weighted by Gasteiger charge is 2.23. The van der Waals surface area contributed by atoms with Crippen LogP contribution in [0.2, 0.25) is 0 Å². The van der Waals surface area contributed by atoms with E-state index in [1.54, 1.807) is 0 Å². The van der Waals surface area contributed by atoms with E-state index in [9.17, 15) is 4.79 Å². The van der Waals surface area contributed by atoms with E-state index in [0.717, 1.165) is 11.8 Å². The van der Waals surface area contributed by atoms with Gasteiger partial charge in [0, 0.05) is 12.6 Å². The van der Waals surface area contributed by atoms with Crippen LogP contribution in [0.25, 0.3) is 0 Å². The minimum atomic E-state index is -0.710. The van der Waals surface area contributed by atoms with Crippen molar-refractivity contribution in [1.82, 2.24) is 5.32 Å². The summed E-state index contributed by atoms with van der Waals surface area (Å²) in [6.07, 6.45) is 5.30. The van der Waals surface area contributed by atoms with E-state index in [2.05, 4.69) is 19.2 Å². The molecule has 0 spiro atoms. The fraction of sp³-hybridized carbons (Fsp3) is 0.917. The molecule has 88 valence electrons. The van der Waals surface area contributed by atoms with Crippen molar-refractivity contribution in [2.24, 2.45) is 11.8 Å². The summed E-state index contributed by atoms with van der Waals surface area (Å²) in [6, 6.07) is 0.547. The van der Waals surface area contributed by atoms with Gasteiger partial charge in [-0.05, 0) is 24.7 Å². The van der Waals surface area contributed by atoms with Crippen molar-refractivity contribution in [2.45, 2.75) is 52.0 Å². The van der Waals surface area contributed by atoms with E-state index in [1.807, 2.05) is 0 Å². The second-order valence-electron chi connectivity index (χ2n) is 4.97. The lowest BCUT2D eigenvalue weighted by atomic mass is 9.79. The van der Waals surface area contributed by atoms with Gasteiger partial charge in [-0.15, -0.1) is 0 Å². The van der Waals surface area contributed by atoms with Crippen LogP contribution in [-0.2, 0) is 4.79 Å². The third kappa shape index (κ3) is 4.65. The van der Waals surface area contributed by atoms with Crippen LogP contribution in [-0.4, -0.2) is 23.7 Å². The van der Waals surface area contributed by atoms with Gasteiger partial charge in [0.2, 0.25) is 0 Å². The zero-order valence-corrected chi connectivity index (χ0v) is 9.83. The Bertz CT molecular complexity index is 204. The van der Waals surface area contributed by atoms with E-state index in [1.165, 1.54) is 25.7 Å². The Labute approximate surface area is 92.3 Å². The Morgan fingerprint density at radius 3 is 2.80 bits per heavy atom. The molecule has 0 heterocycles. The van der Waals surface area contributed by atoms with Crippen molar-refractivity contribution < 1.29 is 9.90 Å². The van der Waals surface area contributed by atoms with Crippen molar-refractivity contribution in [3.63, 3.8) is 0 Å². The molecule has 1 saturated carbocycles. The summed E-state index contributed by atoms with van der Waals surface area (Å²) in [6.45, 7) is 5.18. The van der Waals surface area contributed by atoms with Gasteiger partial charge in [0.05, 0.1) is 6.42 Å². The second kappa shape index (κ2) is 6.11. The normalized spacial score (nSPS) is 26.9. The molecular formula is C12H23NO2. The molecule has 2 N–H and O–H groups in total. The topological polar surface area (TPSA) is 49.3 Å². The Kier molecular flexibility index (Phi) is 5.09. The zero-order chi connectivity index (χ0) is 11.3. The van der Waals surface area contributed by atoms with Gasteiger partial charge in [-0.1, -0.05) is 26.7 Å². The molecule has 0 saturated heterocycles.